The van der Waals surface area contributed by atoms with Gasteiger partial charge in [-0.3, -0.25) is 14.4 Å². The Balaban J connectivity index is 1.34. The van der Waals surface area contributed by atoms with Gasteiger partial charge in [-0.15, -0.1) is 0 Å². The summed E-state index contributed by atoms with van der Waals surface area (Å²) in [5, 5.41) is 197. The number of hydrogen-bond acceptors (Lipinski definition) is 33. The third-order valence-electron chi connectivity index (χ3n) is 21.6. The molecule has 0 aromatic rings. The lowest BCUT2D eigenvalue weighted by molar-refractivity contribution is -0.403. The van der Waals surface area contributed by atoms with Crippen LogP contribution in [0.5, 0.6) is 0 Å². The maximum Gasteiger partial charge on any atom is 0.364 e. The van der Waals surface area contributed by atoms with Crippen molar-refractivity contribution in [2.24, 2.45) is 0 Å². The molecule has 0 radical (unpaired) electrons. The van der Waals surface area contributed by atoms with E-state index >= 15 is 0 Å². The Labute approximate surface area is 685 Å². The summed E-state index contributed by atoms with van der Waals surface area (Å²) in [6, 6.07) is -4.82. The molecule has 0 aromatic heterocycles. The Morgan fingerprint density at radius 2 is 0.983 bits per heavy atom. The molecule has 0 saturated carbocycles. The second-order valence-corrected chi connectivity index (χ2v) is 32.6. The van der Waals surface area contributed by atoms with E-state index < -0.39 is 241 Å². The van der Waals surface area contributed by atoms with Crippen LogP contribution in [0.25, 0.3) is 0 Å². The fourth-order valence-corrected chi connectivity index (χ4v) is 16.1. The van der Waals surface area contributed by atoms with E-state index in [9.17, 15) is 106 Å². The van der Waals surface area contributed by atoms with E-state index in [0.717, 1.165) is 83.8 Å². The molecule has 37 heteroatoms. The number of carbonyl (C=O) groups is 4. The molecule has 5 aliphatic rings. The van der Waals surface area contributed by atoms with Gasteiger partial charge in [0.1, 0.15) is 116 Å². The minimum atomic E-state index is -3.39. The monoisotopic (exact) mass is 1690 g/mol. The first-order valence-corrected chi connectivity index (χ1v) is 43.2. The van der Waals surface area contributed by atoms with Gasteiger partial charge in [0, 0.05) is 32.4 Å². The first-order valence-electron chi connectivity index (χ1n) is 41.8. The number of carboxylic acids is 1. The van der Waals surface area contributed by atoms with Crippen molar-refractivity contribution in [3.63, 3.8) is 0 Å². The summed E-state index contributed by atoms with van der Waals surface area (Å²) in [4.78, 5) is 53.2. The molecule has 5 heterocycles. The normalized spacial score (nSPS) is 33.0. The summed E-state index contributed by atoms with van der Waals surface area (Å²) in [6.45, 7) is 0.625. The minimum absolute atomic E-state index is 0.124. The molecule has 670 valence electrons. The van der Waals surface area contributed by atoms with Crippen molar-refractivity contribution in [3.8, 4) is 0 Å². The molecule has 5 rings (SSSR count). The van der Waals surface area contributed by atoms with Crippen LogP contribution in [0.15, 0.2) is 12.2 Å². The first-order chi connectivity index (χ1) is 55.1. The highest BCUT2D eigenvalue weighted by molar-refractivity contribution is 8.22. The summed E-state index contributed by atoms with van der Waals surface area (Å²) in [6.07, 6.45) is -14.9. The van der Waals surface area contributed by atoms with Crippen molar-refractivity contribution in [3.05, 3.63) is 12.2 Å². The van der Waals surface area contributed by atoms with Gasteiger partial charge < -0.3 is 155 Å². The molecular weight excluding hydrogens is 1550 g/mol. The highest BCUT2D eigenvalue weighted by Gasteiger charge is 2.62. The highest BCUT2D eigenvalue weighted by Crippen LogP contribution is 2.41. The van der Waals surface area contributed by atoms with Gasteiger partial charge in [-0.2, -0.15) is 0 Å². The number of ether oxygens (including phenoxy) is 11. The zero-order valence-corrected chi connectivity index (χ0v) is 69.0. The summed E-state index contributed by atoms with van der Waals surface area (Å²) < 4.78 is 66.2. The molecule has 5 aliphatic heterocycles. The molecule has 0 bridgehead atoms. The number of aliphatic hydroxyl groups excluding tert-OH is 16. The lowest BCUT2D eigenvalue weighted by Gasteiger charge is -2.52. The number of carboxylic acid groups (broad SMARTS) is 1. The average Bonchev–Trinajstić information content (AvgIpc) is 0.747. The smallest absolute Gasteiger partial charge is 0.364 e. The Morgan fingerprint density at radius 1 is 0.522 bits per heavy atom. The Kier molecular flexibility index (Phi) is 49.6. The lowest BCUT2D eigenvalue weighted by atomic mass is 9.88. The van der Waals surface area contributed by atoms with Gasteiger partial charge in [0.2, 0.25) is 22.1 Å². The number of allylic oxidation sites excluding steroid dienone is 1. The van der Waals surface area contributed by atoms with Crippen LogP contribution in [-0.2, 0) is 71.3 Å². The molecule has 35 nitrogen and oxygen atoms in total. The zero-order valence-electron chi connectivity index (χ0n) is 67.4. The van der Waals surface area contributed by atoms with E-state index in [2.05, 4.69) is 22.9 Å². The largest absolute Gasteiger partial charge is 0.479 e. The number of rotatable bonds is 57. The first kappa shape index (κ1) is 102. The van der Waals surface area contributed by atoms with Crippen LogP contribution in [0.1, 0.15) is 227 Å². The predicted octanol–water partition coefficient (Wildman–Crippen LogP) is 0.773. The molecule has 0 aliphatic carbocycles. The Morgan fingerprint density at radius 3 is 1.51 bits per heavy atom. The molecule has 0 spiro atoms. The lowest BCUT2D eigenvalue weighted by Crippen LogP contribution is -2.72. The number of aliphatic carboxylic acids is 1. The average molecular weight is 1700 g/mol. The topological polar surface area (TPSA) is 550 Å². The number of thioether (sulfide) groups is 1. The molecular formula is C78H139N3O32S2. The van der Waals surface area contributed by atoms with Crippen molar-refractivity contribution in [2.75, 3.05) is 52.0 Å². The van der Waals surface area contributed by atoms with Crippen LogP contribution >= 0.6 is 24.0 Å². The molecule has 28 atom stereocenters. The van der Waals surface area contributed by atoms with Crippen LogP contribution in [0.3, 0.4) is 0 Å². The number of hydrogen-bond donors (Lipinski definition) is 20. The Hall–Kier alpha value is -3.18. The number of amides is 3. The SMILES string of the molecule is CCCCCCCCCCCCCCC/C=C/[C@@H](O)[C@H](CO[C@@H]1O[C@H](CO)[C@@H](O[C@@H]2O[C@H](CO)[C@H](O[C@@H]3O[C@H](CO)[C@H](O)[C@H](O[C@@H]4O[C@H](CO)[C@H](O)[C@H](O)[C@H]4O)[C@H]3NC(C)=O)[C@H](O[C@]3(C(=O)O)C[C@H](O)[C@@H](NC(C)=O)[C@H]([C@H](O)[C@H](O)CO)O3)[C@H]2O)[C@H](O)[C@H]1O)NC(=O)CCCCCCCCCCCCCCCCCSC(=S)OCC. The molecule has 5 fully saturated rings. The maximum absolute atomic E-state index is 13.9. The Bertz CT molecular complexity index is 2730. The third kappa shape index (κ3) is 33.5. The van der Waals surface area contributed by atoms with Gasteiger partial charge >= 0.3 is 5.97 Å². The summed E-state index contributed by atoms with van der Waals surface area (Å²) in [7, 11) is 0. The fraction of sp³-hybridized carbons (Fsp3) is 0.910. The van der Waals surface area contributed by atoms with Gasteiger partial charge in [0.15, 0.2) is 25.2 Å². The van der Waals surface area contributed by atoms with Crippen LogP contribution in [0.2, 0.25) is 0 Å². The predicted molar refractivity (Wildman–Crippen MR) is 419 cm³/mol. The van der Waals surface area contributed by atoms with E-state index in [1.165, 1.54) is 109 Å². The second-order valence-electron chi connectivity index (χ2n) is 30.9. The van der Waals surface area contributed by atoms with Gasteiger partial charge in [-0.1, -0.05) is 191 Å². The molecule has 0 aromatic carbocycles. The maximum atomic E-state index is 13.9. The molecule has 0 unspecified atom stereocenters. The van der Waals surface area contributed by atoms with Gasteiger partial charge in [-0.05, 0) is 44.8 Å². The van der Waals surface area contributed by atoms with Gasteiger partial charge in [-0.25, -0.2) is 4.79 Å². The standard InChI is InChI=1S/C78H139N3O32S2/c1-5-7-8-9-10-11-12-13-15-18-21-24-27-30-33-36-49(89)48(81-56(92)37-34-31-28-25-22-19-16-14-17-20-23-26-29-32-35-38-115-77(114)103-6-2)45-104-73-65(99)63(97)67(54(43-85)107-73)109-75-66(100)71(113-78(76(101)102)39-50(90)57(79-46(3)87)70(112-78)59(93)51(91)40-82)68(55(44-86)108-75)110-72-58(80-47(4)88)69(61(95)53(42-84)105-72)111-74-64(98)62(96)60(94)52(41-83)106-74/h33,36,48-55,57-75,82-86,89-91,93-100H,5-32,34-35,37-45H2,1-4H3,(H,79,87)(H,80,88)(H,81,92)(H,101,102)/b36-33+/t48-,49+,50-,51+,52+,53+,54+,55+,57+,58+,59+,60-,61-,62-,63+,64+,65+,66+,67+,68-,69+,70+,71+,72-,73+,74-,75-,78-/m0/s1. The van der Waals surface area contributed by atoms with Gasteiger partial charge in [0.25, 0.3) is 5.79 Å². The molecule has 20 N–H and O–H groups in total. The van der Waals surface area contributed by atoms with Crippen molar-refractivity contribution in [1.29, 1.82) is 0 Å². The molecule has 5 saturated heterocycles. The van der Waals surface area contributed by atoms with Crippen LogP contribution in [-0.4, -0.2) is 338 Å². The highest BCUT2D eigenvalue weighted by atomic mass is 32.2. The summed E-state index contributed by atoms with van der Waals surface area (Å²) >= 11 is 6.79. The number of thiocarbonyl (C=S) groups is 1. The van der Waals surface area contributed by atoms with Crippen LogP contribution < -0.4 is 16.0 Å². The van der Waals surface area contributed by atoms with E-state index in [1.54, 1.807) is 17.8 Å². The van der Waals surface area contributed by atoms with Crippen molar-refractivity contribution in [1.82, 2.24) is 16.0 Å². The second kappa shape index (κ2) is 55.8. The van der Waals surface area contributed by atoms with E-state index in [4.69, 9.17) is 64.3 Å². The number of unbranched alkanes of at least 4 members (excludes halogenated alkanes) is 27. The van der Waals surface area contributed by atoms with Crippen LogP contribution in [0, 0.1) is 0 Å². The summed E-state index contributed by atoms with van der Waals surface area (Å²) in [5.41, 5.74) is 0. The quantitative estimate of drug-likeness (QED) is 0.0227. The third-order valence-corrected chi connectivity index (χ3v) is 22.9. The molecule has 3 amide bonds. The van der Waals surface area contributed by atoms with E-state index in [-0.39, 0.29) is 6.42 Å². The number of aliphatic hydroxyl groups is 16. The van der Waals surface area contributed by atoms with Crippen molar-refractivity contribution in [2.45, 2.75) is 398 Å². The van der Waals surface area contributed by atoms with Crippen molar-refractivity contribution < 1.29 is 158 Å². The summed E-state index contributed by atoms with van der Waals surface area (Å²) in [5.74, 6) is -6.73. The van der Waals surface area contributed by atoms with Crippen LogP contribution in [0.4, 0.5) is 0 Å². The van der Waals surface area contributed by atoms with E-state index in [0.29, 0.717) is 23.8 Å². The van der Waals surface area contributed by atoms with Gasteiger partial charge in [0.05, 0.1) is 70.5 Å². The van der Waals surface area contributed by atoms with E-state index in [1.807, 2.05) is 13.0 Å². The number of carbonyl (C=O) groups excluding carboxylic acids is 3. The zero-order chi connectivity index (χ0) is 84.6. The fourth-order valence-electron chi connectivity index (χ4n) is 15.0. The molecule has 115 heavy (non-hydrogen) atoms. The minimum Gasteiger partial charge on any atom is -0.479 e. The van der Waals surface area contributed by atoms with Crippen molar-refractivity contribution >= 4 is 52.1 Å². The number of nitrogens with one attached hydrogen (secondary N) is 3.